The van der Waals surface area contributed by atoms with Gasteiger partial charge in [0.05, 0.1) is 5.92 Å². The van der Waals surface area contributed by atoms with Crippen LogP contribution in [0.3, 0.4) is 0 Å². The molecule has 0 saturated carbocycles. The highest BCUT2D eigenvalue weighted by molar-refractivity contribution is 5.76. The third kappa shape index (κ3) is 3.70. The summed E-state index contributed by atoms with van der Waals surface area (Å²) in [5, 5.41) is 2.55. The zero-order chi connectivity index (χ0) is 13.9. The molecule has 104 valence electrons. The van der Waals surface area contributed by atoms with Crippen LogP contribution in [0.5, 0.6) is 0 Å². The van der Waals surface area contributed by atoms with Crippen molar-refractivity contribution in [2.24, 2.45) is 5.92 Å². The summed E-state index contributed by atoms with van der Waals surface area (Å²) in [6, 6.07) is 8.14. The number of halogens is 3. The van der Waals surface area contributed by atoms with Gasteiger partial charge in [0, 0.05) is 6.54 Å². The number of nitrogens with one attached hydrogen (secondary N) is 1. The van der Waals surface area contributed by atoms with Gasteiger partial charge in [-0.15, -0.1) is 0 Å². The van der Waals surface area contributed by atoms with Gasteiger partial charge in [0.2, 0.25) is 0 Å². The summed E-state index contributed by atoms with van der Waals surface area (Å²) < 4.78 is 42.4. The molecule has 0 radical (unpaired) electrons. The topological polar surface area (TPSA) is 38.3 Å². The normalized spacial score (nSPS) is 23.3. The van der Waals surface area contributed by atoms with Crippen LogP contribution in [0.4, 0.5) is 13.2 Å². The average Bonchev–Trinajstić information content (AvgIpc) is 2.87. The van der Waals surface area contributed by atoms with E-state index in [-0.39, 0.29) is 19.6 Å². The van der Waals surface area contributed by atoms with E-state index in [1.165, 1.54) is 0 Å². The van der Waals surface area contributed by atoms with E-state index in [1.54, 1.807) is 24.3 Å². The molecule has 0 unspecified atom stereocenters. The summed E-state index contributed by atoms with van der Waals surface area (Å²) in [5.41, 5.74) is 0.807. The molecule has 1 N–H and O–H groups in total. The maximum Gasteiger partial charge on any atom is 0.393 e. The molecule has 2 atom stereocenters. The van der Waals surface area contributed by atoms with E-state index in [0.29, 0.717) is 0 Å². The van der Waals surface area contributed by atoms with Gasteiger partial charge < -0.3 is 10.1 Å². The Morgan fingerprint density at radius 2 is 2.00 bits per heavy atom. The summed E-state index contributed by atoms with van der Waals surface area (Å²) in [6.07, 6.45) is -4.52. The third-order valence-corrected chi connectivity index (χ3v) is 3.10. The van der Waals surface area contributed by atoms with Crippen molar-refractivity contribution in [1.82, 2.24) is 5.32 Å². The summed E-state index contributed by atoms with van der Waals surface area (Å²) in [7, 11) is 0. The lowest BCUT2D eigenvalue weighted by atomic mass is 10.1. The van der Waals surface area contributed by atoms with Gasteiger partial charge in [-0.2, -0.15) is 13.2 Å². The van der Waals surface area contributed by atoms with Gasteiger partial charge in [0.1, 0.15) is 12.6 Å². The standard InChI is InChI=1S/C13H14F3NO2/c14-13(15,16)10-6-11(17-7-10)12(18)19-8-9-4-2-1-3-5-9/h1-5,10-11,17H,6-8H2/t10-,11+/m1/s1. The zero-order valence-electron chi connectivity index (χ0n) is 10.1. The fourth-order valence-corrected chi connectivity index (χ4v) is 1.99. The van der Waals surface area contributed by atoms with Crippen LogP contribution in [0.1, 0.15) is 12.0 Å². The average molecular weight is 273 g/mol. The Morgan fingerprint density at radius 3 is 2.58 bits per heavy atom. The monoisotopic (exact) mass is 273 g/mol. The lowest BCUT2D eigenvalue weighted by Crippen LogP contribution is -2.32. The molecular weight excluding hydrogens is 259 g/mol. The fourth-order valence-electron chi connectivity index (χ4n) is 1.99. The smallest absolute Gasteiger partial charge is 0.393 e. The lowest BCUT2D eigenvalue weighted by molar-refractivity contribution is -0.170. The molecule has 19 heavy (non-hydrogen) atoms. The quantitative estimate of drug-likeness (QED) is 0.859. The SMILES string of the molecule is O=C(OCc1ccccc1)[C@@H]1C[C@@H](C(F)(F)F)CN1. The Balaban J connectivity index is 1.82. The molecule has 1 aliphatic rings. The van der Waals surface area contributed by atoms with Gasteiger partial charge in [-0.05, 0) is 12.0 Å². The molecule has 1 aliphatic heterocycles. The van der Waals surface area contributed by atoms with Crippen molar-refractivity contribution < 1.29 is 22.7 Å². The van der Waals surface area contributed by atoms with Crippen molar-refractivity contribution >= 4 is 5.97 Å². The number of rotatable bonds is 3. The van der Waals surface area contributed by atoms with Crippen molar-refractivity contribution in [2.45, 2.75) is 25.2 Å². The first-order valence-electron chi connectivity index (χ1n) is 5.97. The van der Waals surface area contributed by atoms with Gasteiger partial charge in [0.15, 0.2) is 0 Å². The predicted molar refractivity (Wildman–Crippen MR) is 62.2 cm³/mol. The van der Waals surface area contributed by atoms with E-state index in [1.807, 2.05) is 6.07 Å². The first kappa shape index (κ1) is 13.9. The Bertz CT molecular complexity index is 433. The van der Waals surface area contributed by atoms with Crippen LogP contribution < -0.4 is 5.32 Å². The molecule has 0 spiro atoms. The van der Waals surface area contributed by atoms with Crippen LogP contribution in [-0.4, -0.2) is 24.7 Å². The van der Waals surface area contributed by atoms with E-state index in [0.717, 1.165) is 5.56 Å². The molecule has 0 bridgehead atoms. The number of alkyl halides is 3. The maximum atomic E-state index is 12.5. The summed E-state index contributed by atoms with van der Waals surface area (Å²) >= 11 is 0. The molecule has 1 saturated heterocycles. The summed E-state index contributed by atoms with van der Waals surface area (Å²) in [5.74, 6) is -2.10. The molecule has 1 aromatic rings. The van der Waals surface area contributed by atoms with E-state index >= 15 is 0 Å². The van der Waals surface area contributed by atoms with Gasteiger partial charge in [-0.1, -0.05) is 30.3 Å². The third-order valence-electron chi connectivity index (χ3n) is 3.10. The second-order valence-corrected chi connectivity index (χ2v) is 4.53. The molecule has 0 amide bonds. The number of benzene rings is 1. The second-order valence-electron chi connectivity index (χ2n) is 4.53. The Labute approximate surface area is 108 Å². The minimum atomic E-state index is -4.26. The van der Waals surface area contributed by atoms with Crippen LogP contribution >= 0.6 is 0 Å². The zero-order valence-corrected chi connectivity index (χ0v) is 10.1. The largest absolute Gasteiger partial charge is 0.460 e. The summed E-state index contributed by atoms with van der Waals surface area (Å²) in [6.45, 7) is -0.150. The van der Waals surface area contributed by atoms with Crippen molar-refractivity contribution in [3.05, 3.63) is 35.9 Å². The van der Waals surface area contributed by atoms with Crippen LogP contribution in [0.2, 0.25) is 0 Å². The number of esters is 1. The van der Waals surface area contributed by atoms with Gasteiger partial charge in [-0.3, -0.25) is 4.79 Å². The minimum absolute atomic E-state index is 0.0779. The number of hydrogen-bond donors (Lipinski definition) is 1. The number of carbonyl (C=O) groups excluding carboxylic acids is 1. The molecule has 2 rings (SSSR count). The molecule has 6 heteroatoms. The lowest BCUT2D eigenvalue weighted by Gasteiger charge is -2.13. The van der Waals surface area contributed by atoms with Gasteiger partial charge in [-0.25, -0.2) is 0 Å². The number of carbonyl (C=O) groups is 1. The second kappa shape index (κ2) is 5.61. The minimum Gasteiger partial charge on any atom is -0.460 e. The highest BCUT2D eigenvalue weighted by atomic mass is 19.4. The summed E-state index contributed by atoms with van der Waals surface area (Å²) in [4.78, 5) is 11.6. The Hall–Kier alpha value is -1.56. The maximum absolute atomic E-state index is 12.5. The van der Waals surface area contributed by atoms with E-state index < -0.39 is 24.1 Å². The van der Waals surface area contributed by atoms with E-state index in [2.05, 4.69) is 5.32 Å². The molecule has 0 aromatic heterocycles. The van der Waals surface area contributed by atoms with Crippen LogP contribution in [0, 0.1) is 5.92 Å². The van der Waals surface area contributed by atoms with Crippen LogP contribution in [-0.2, 0) is 16.1 Å². The molecule has 0 aliphatic carbocycles. The van der Waals surface area contributed by atoms with Crippen molar-refractivity contribution in [3.8, 4) is 0 Å². The van der Waals surface area contributed by atoms with Crippen LogP contribution in [0.15, 0.2) is 30.3 Å². The number of hydrogen-bond acceptors (Lipinski definition) is 3. The first-order valence-corrected chi connectivity index (χ1v) is 5.97. The van der Waals surface area contributed by atoms with Crippen molar-refractivity contribution in [3.63, 3.8) is 0 Å². The molecule has 3 nitrogen and oxygen atoms in total. The van der Waals surface area contributed by atoms with Gasteiger partial charge >= 0.3 is 12.1 Å². The first-order chi connectivity index (χ1) is 8.97. The molecule has 1 fully saturated rings. The van der Waals surface area contributed by atoms with Gasteiger partial charge in [0.25, 0.3) is 0 Å². The van der Waals surface area contributed by atoms with Crippen LogP contribution in [0.25, 0.3) is 0 Å². The van der Waals surface area contributed by atoms with E-state index in [4.69, 9.17) is 4.74 Å². The highest BCUT2D eigenvalue weighted by Crippen LogP contribution is 2.32. The Kier molecular flexibility index (Phi) is 4.09. The van der Waals surface area contributed by atoms with E-state index in [9.17, 15) is 18.0 Å². The molecule has 1 heterocycles. The highest BCUT2D eigenvalue weighted by Gasteiger charge is 2.46. The molecular formula is C13H14F3NO2. The fraction of sp³-hybridized carbons (Fsp3) is 0.462. The van der Waals surface area contributed by atoms with Crippen molar-refractivity contribution in [1.29, 1.82) is 0 Å². The van der Waals surface area contributed by atoms with Crippen molar-refractivity contribution in [2.75, 3.05) is 6.54 Å². The Morgan fingerprint density at radius 1 is 1.32 bits per heavy atom. The number of ether oxygens (including phenoxy) is 1. The predicted octanol–water partition coefficient (Wildman–Crippen LogP) is 2.27. The molecule has 1 aromatic carbocycles.